The quantitative estimate of drug-likeness (QED) is 0.235. The summed E-state index contributed by atoms with van der Waals surface area (Å²) in [5, 5.41) is 8.08. The molecule has 1 heterocycles. The minimum Gasteiger partial charge on any atom is -0.490 e. The molecular weight excluding hydrogens is 557 g/mol. The van der Waals surface area contributed by atoms with Crippen LogP contribution in [0.1, 0.15) is 41.5 Å². The van der Waals surface area contributed by atoms with Crippen molar-refractivity contribution in [1.82, 2.24) is 10.2 Å². The number of aryl methyl sites for hydroxylation is 3. The lowest BCUT2D eigenvalue weighted by Crippen LogP contribution is -2.52. The molecule has 2 N–H and O–H groups in total. The van der Waals surface area contributed by atoms with Gasteiger partial charge >= 0.3 is 0 Å². The number of piperidine rings is 1. The molecule has 2 fully saturated rings. The second kappa shape index (κ2) is 13.4. The van der Waals surface area contributed by atoms with Crippen molar-refractivity contribution in [2.75, 3.05) is 31.6 Å². The number of halogens is 2. The summed E-state index contributed by atoms with van der Waals surface area (Å²) in [5.41, 5.74) is 5.64. The molecule has 2 unspecified atom stereocenters. The van der Waals surface area contributed by atoms with Crippen molar-refractivity contribution in [3.63, 3.8) is 0 Å². The van der Waals surface area contributed by atoms with Crippen LogP contribution >= 0.6 is 23.2 Å². The Bertz CT molecular complexity index is 1320. The highest BCUT2D eigenvalue weighted by Gasteiger charge is 2.39. The lowest BCUT2D eigenvalue weighted by atomic mass is 9.91. The fourth-order valence-corrected chi connectivity index (χ4v) is 6.33. The van der Waals surface area contributed by atoms with Crippen molar-refractivity contribution >= 4 is 34.8 Å². The zero-order valence-corrected chi connectivity index (χ0v) is 25.5. The Kier molecular flexibility index (Phi) is 9.64. The highest BCUT2D eigenvalue weighted by Crippen LogP contribution is 2.34. The van der Waals surface area contributed by atoms with E-state index >= 15 is 0 Å². The molecule has 8 heteroatoms. The van der Waals surface area contributed by atoms with Crippen molar-refractivity contribution in [2.45, 2.75) is 58.7 Å². The Morgan fingerprint density at radius 2 is 1.54 bits per heavy atom. The van der Waals surface area contributed by atoms with Gasteiger partial charge < -0.3 is 25.0 Å². The molecule has 1 aliphatic carbocycles. The molecule has 1 amide bonds. The normalized spacial score (nSPS) is 18.6. The zero-order chi connectivity index (χ0) is 28.9. The van der Waals surface area contributed by atoms with Gasteiger partial charge in [0.15, 0.2) is 5.75 Å². The number of carbonyl (C=O) groups is 1. The standard InChI is InChI=1S/C33H39Cl2N3O3/c1-21-14-22(2)16-24(15-21)20-38(26-6-7-26)33(39)28-19-36-11-10-31(28)37-25-4-8-27(9-5-25)40-12-13-41-32-29(34)17-23(3)18-30(32)35/h4-5,8-9,14-18,26,28,31,36-37H,6-7,10-13,19-20H2,1-3H3. The molecule has 1 aliphatic heterocycles. The van der Waals surface area contributed by atoms with Crippen LogP contribution in [0.3, 0.4) is 0 Å². The lowest BCUT2D eigenvalue weighted by molar-refractivity contribution is -0.137. The lowest BCUT2D eigenvalue weighted by Gasteiger charge is -2.36. The average molecular weight is 597 g/mol. The van der Waals surface area contributed by atoms with E-state index in [1.54, 1.807) is 0 Å². The van der Waals surface area contributed by atoms with Gasteiger partial charge in [-0.15, -0.1) is 0 Å². The van der Waals surface area contributed by atoms with Crippen LogP contribution in [0.2, 0.25) is 10.0 Å². The van der Waals surface area contributed by atoms with E-state index in [2.05, 4.69) is 47.6 Å². The summed E-state index contributed by atoms with van der Waals surface area (Å²) < 4.78 is 11.6. The van der Waals surface area contributed by atoms with Crippen LogP contribution in [-0.2, 0) is 11.3 Å². The van der Waals surface area contributed by atoms with Crippen molar-refractivity contribution < 1.29 is 14.3 Å². The van der Waals surface area contributed by atoms with Gasteiger partial charge in [0.25, 0.3) is 0 Å². The third kappa shape index (κ3) is 7.88. The number of nitrogens with zero attached hydrogens (tertiary/aromatic N) is 1. The highest BCUT2D eigenvalue weighted by molar-refractivity contribution is 6.37. The zero-order valence-electron chi connectivity index (χ0n) is 24.0. The number of hydrogen-bond donors (Lipinski definition) is 2. The first-order chi connectivity index (χ1) is 19.8. The predicted molar refractivity (Wildman–Crippen MR) is 167 cm³/mol. The van der Waals surface area contributed by atoms with E-state index in [0.717, 1.165) is 42.8 Å². The van der Waals surface area contributed by atoms with Crippen LogP contribution in [0.25, 0.3) is 0 Å². The molecule has 0 aromatic heterocycles. The van der Waals surface area contributed by atoms with E-state index in [1.807, 2.05) is 43.3 Å². The maximum Gasteiger partial charge on any atom is 0.229 e. The third-order valence-electron chi connectivity index (χ3n) is 7.65. The maximum atomic E-state index is 13.9. The fraction of sp³-hybridized carbons (Fsp3) is 0.424. The Balaban J connectivity index is 1.16. The van der Waals surface area contributed by atoms with Crippen LogP contribution < -0.4 is 20.1 Å². The average Bonchev–Trinajstić information content (AvgIpc) is 3.77. The molecular formula is C33H39Cl2N3O3. The maximum absolute atomic E-state index is 13.9. The van der Waals surface area contributed by atoms with Gasteiger partial charge in [0.1, 0.15) is 19.0 Å². The minimum absolute atomic E-state index is 0.0634. The molecule has 5 rings (SSSR count). The summed E-state index contributed by atoms with van der Waals surface area (Å²) in [4.78, 5) is 16.0. The Morgan fingerprint density at radius 3 is 2.20 bits per heavy atom. The number of carbonyl (C=O) groups excluding carboxylic acids is 1. The molecule has 0 radical (unpaired) electrons. The van der Waals surface area contributed by atoms with Crippen LogP contribution in [0.15, 0.2) is 54.6 Å². The van der Waals surface area contributed by atoms with Gasteiger partial charge in [-0.2, -0.15) is 0 Å². The minimum atomic E-state index is -0.122. The van der Waals surface area contributed by atoms with Gasteiger partial charge in [0.05, 0.1) is 16.0 Å². The van der Waals surface area contributed by atoms with Crippen molar-refractivity contribution in [3.8, 4) is 11.5 Å². The Labute approximate surface area is 253 Å². The molecule has 6 nitrogen and oxygen atoms in total. The molecule has 0 spiro atoms. The molecule has 218 valence electrons. The topological polar surface area (TPSA) is 62.8 Å². The summed E-state index contributed by atoms with van der Waals surface area (Å²) in [6.45, 7) is 9.09. The Hall–Kier alpha value is -2.93. The smallest absolute Gasteiger partial charge is 0.229 e. The summed E-state index contributed by atoms with van der Waals surface area (Å²) >= 11 is 12.5. The fourth-order valence-electron chi connectivity index (χ4n) is 5.62. The Morgan fingerprint density at radius 1 is 0.902 bits per heavy atom. The molecule has 2 aliphatic rings. The number of nitrogens with one attached hydrogen (secondary N) is 2. The number of ether oxygens (including phenoxy) is 2. The molecule has 3 aromatic carbocycles. The number of hydrogen-bond acceptors (Lipinski definition) is 5. The SMILES string of the molecule is Cc1cc(C)cc(CN(C(=O)C2CNCCC2Nc2ccc(OCCOc3c(Cl)cc(C)cc3Cl)cc2)C2CC2)c1. The van der Waals surface area contributed by atoms with Crippen molar-refractivity contribution in [3.05, 3.63) is 86.9 Å². The van der Waals surface area contributed by atoms with Gasteiger partial charge in [-0.3, -0.25) is 4.79 Å². The number of benzene rings is 3. The van der Waals surface area contributed by atoms with Gasteiger partial charge in [0, 0.05) is 30.9 Å². The monoisotopic (exact) mass is 595 g/mol. The molecule has 3 aromatic rings. The first-order valence-corrected chi connectivity index (χ1v) is 15.2. The predicted octanol–water partition coefficient (Wildman–Crippen LogP) is 6.96. The molecule has 2 atom stereocenters. The molecule has 0 bridgehead atoms. The van der Waals surface area contributed by atoms with Crippen molar-refractivity contribution in [2.24, 2.45) is 5.92 Å². The second-order valence-electron chi connectivity index (χ2n) is 11.3. The van der Waals surface area contributed by atoms with E-state index in [0.29, 0.717) is 48.1 Å². The van der Waals surface area contributed by atoms with Gasteiger partial charge in [-0.1, -0.05) is 52.5 Å². The van der Waals surface area contributed by atoms with E-state index in [1.165, 1.54) is 16.7 Å². The van der Waals surface area contributed by atoms with E-state index in [4.69, 9.17) is 32.7 Å². The van der Waals surface area contributed by atoms with Gasteiger partial charge in [-0.25, -0.2) is 0 Å². The van der Waals surface area contributed by atoms with Crippen LogP contribution in [0, 0.1) is 26.7 Å². The van der Waals surface area contributed by atoms with Crippen molar-refractivity contribution in [1.29, 1.82) is 0 Å². The number of rotatable bonds is 11. The van der Waals surface area contributed by atoms with Crippen LogP contribution in [-0.4, -0.2) is 49.2 Å². The van der Waals surface area contributed by atoms with E-state index < -0.39 is 0 Å². The van der Waals surface area contributed by atoms with Gasteiger partial charge in [0.2, 0.25) is 5.91 Å². The first kappa shape index (κ1) is 29.6. The van der Waals surface area contributed by atoms with Crippen LogP contribution in [0.5, 0.6) is 11.5 Å². The summed E-state index contributed by atoms with van der Waals surface area (Å²) in [6, 6.07) is 18.5. The third-order valence-corrected chi connectivity index (χ3v) is 8.21. The highest BCUT2D eigenvalue weighted by atomic mass is 35.5. The summed E-state index contributed by atoms with van der Waals surface area (Å²) in [5.74, 6) is 1.34. The van der Waals surface area contributed by atoms with E-state index in [-0.39, 0.29) is 17.9 Å². The molecule has 41 heavy (non-hydrogen) atoms. The largest absolute Gasteiger partial charge is 0.490 e. The molecule has 1 saturated carbocycles. The summed E-state index contributed by atoms with van der Waals surface area (Å²) in [6.07, 6.45) is 3.07. The first-order valence-electron chi connectivity index (χ1n) is 14.4. The number of anilines is 1. The van der Waals surface area contributed by atoms with Crippen LogP contribution in [0.4, 0.5) is 5.69 Å². The van der Waals surface area contributed by atoms with Gasteiger partial charge in [-0.05, 0) is 94.1 Å². The van der Waals surface area contributed by atoms with E-state index in [9.17, 15) is 4.79 Å². The number of amides is 1. The second-order valence-corrected chi connectivity index (χ2v) is 12.1. The summed E-state index contributed by atoms with van der Waals surface area (Å²) in [7, 11) is 0. The molecule has 1 saturated heterocycles.